The van der Waals surface area contributed by atoms with Gasteiger partial charge in [-0.2, -0.15) is 17.0 Å². The molecule has 8 heteroatoms. The van der Waals surface area contributed by atoms with Crippen LogP contribution in [0, 0.1) is 5.92 Å². The van der Waals surface area contributed by atoms with E-state index in [-0.39, 0.29) is 18.4 Å². The SMILES string of the molecule is CN(C)S(=O)(=O)N1CCC[C@@H](C(=O)N2CCOCC2)C1. The van der Waals surface area contributed by atoms with Gasteiger partial charge in [0.1, 0.15) is 0 Å². The summed E-state index contributed by atoms with van der Waals surface area (Å²) in [5.41, 5.74) is 0. The van der Waals surface area contributed by atoms with Crippen LogP contribution in [0.2, 0.25) is 0 Å². The second kappa shape index (κ2) is 6.38. The van der Waals surface area contributed by atoms with Crippen LogP contribution in [0.4, 0.5) is 0 Å². The minimum absolute atomic E-state index is 0.0620. The smallest absolute Gasteiger partial charge is 0.281 e. The molecule has 0 spiro atoms. The Morgan fingerprint density at radius 2 is 1.85 bits per heavy atom. The summed E-state index contributed by atoms with van der Waals surface area (Å²) in [5.74, 6) is -0.163. The van der Waals surface area contributed by atoms with Gasteiger partial charge in [-0.25, -0.2) is 0 Å². The number of rotatable bonds is 3. The number of ether oxygens (including phenoxy) is 1. The van der Waals surface area contributed by atoms with Crippen molar-refractivity contribution in [2.24, 2.45) is 5.92 Å². The van der Waals surface area contributed by atoms with Crippen LogP contribution in [0.3, 0.4) is 0 Å². The molecular weight excluding hydrogens is 282 g/mol. The monoisotopic (exact) mass is 305 g/mol. The van der Waals surface area contributed by atoms with E-state index in [4.69, 9.17) is 4.74 Å². The lowest BCUT2D eigenvalue weighted by atomic mass is 9.98. The summed E-state index contributed by atoms with van der Waals surface area (Å²) in [5, 5.41) is 0. The quantitative estimate of drug-likeness (QED) is 0.696. The molecule has 116 valence electrons. The topological polar surface area (TPSA) is 70.2 Å². The Morgan fingerprint density at radius 1 is 1.20 bits per heavy atom. The average molecular weight is 305 g/mol. The molecule has 0 aromatic carbocycles. The number of hydrogen-bond donors (Lipinski definition) is 0. The fraction of sp³-hybridized carbons (Fsp3) is 0.917. The summed E-state index contributed by atoms with van der Waals surface area (Å²) in [6.45, 7) is 3.13. The average Bonchev–Trinajstić information content (AvgIpc) is 2.47. The maximum atomic E-state index is 12.4. The highest BCUT2D eigenvalue weighted by Crippen LogP contribution is 2.22. The fourth-order valence-electron chi connectivity index (χ4n) is 2.63. The third-order valence-electron chi connectivity index (χ3n) is 3.84. The van der Waals surface area contributed by atoms with Gasteiger partial charge in [-0.15, -0.1) is 0 Å². The first-order chi connectivity index (χ1) is 9.43. The van der Waals surface area contributed by atoms with Gasteiger partial charge < -0.3 is 9.64 Å². The van der Waals surface area contributed by atoms with Crippen molar-refractivity contribution in [3.05, 3.63) is 0 Å². The first-order valence-electron chi connectivity index (χ1n) is 6.97. The Hall–Kier alpha value is -0.700. The van der Waals surface area contributed by atoms with Crippen LogP contribution in [-0.2, 0) is 19.7 Å². The van der Waals surface area contributed by atoms with Crippen molar-refractivity contribution in [2.75, 3.05) is 53.5 Å². The second-order valence-corrected chi connectivity index (χ2v) is 7.57. The molecule has 0 unspecified atom stereocenters. The van der Waals surface area contributed by atoms with Crippen LogP contribution in [0.1, 0.15) is 12.8 Å². The van der Waals surface area contributed by atoms with E-state index < -0.39 is 10.2 Å². The fourth-order valence-corrected chi connectivity index (χ4v) is 3.82. The summed E-state index contributed by atoms with van der Waals surface area (Å²) >= 11 is 0. The van der Waals surface area contributed by atoms with Gasteiger partial charge in [0, 0.05) is 40.3 Å². The standard InChI is InChI=1S/C12H23N3O4S/c1-13(2)20(17,18)15-5-3-4-11(10-15)12(16)14-6-8-19-9-7-14/h11H,3-10H2,1-2H3/t11-/m1/s1. The lowest BCUT2D eigenvalue weighted by Crippen LogP contribution is -2.51. The van der Waals surface area contributed by atoms with Gasteiger partial charge in [0.25, 0.3) is 10.2 Å². The van der Waals surface area contributed by atoms with Gasteiger partial charge >= 0.3 is 0 Å². The van der Waals surface area contributed by atoms with E-state index in [1.54, 1.807) is 4.90 Å². The highest BCUT2D eigenvalue weighted by Gasteiger charge is 2.35. The second-order valence-electron chi connectivity index (χ2n) is 5.42. The molecule has 2 aliphatic rings. The zero-order chi connectivity index (χ0) is 14.8. The highest BCUT2D eigenvalue weighted by molar-refractivity contribution is 7.86. The minimum atomic E-state index is -3.43. The number of morpholine rings is 1. The van der Waals surface area contributed by atoms with Crippen LogP contribution in [-0.4, -0.2) is 81.3 Å². The van der Waals surface area contributed by atoms with Crippen molar-refractivity contribution >= 4 is 16.1 Å². The van der Waals surface area contributed by atoms with Gasteiger partial charge in [-0.3, -0.25) is 4.79 Å². The first kappa shape index (κ1) is 15.7. The zero-order valence-electron chi connectivity index (χ0n) is 12.1. The van der Waals surface area contributed by atoms with E-state index in [2.05, 4.69) is 0 Å². The number of piperidine rings is 1. The van der Waals surface area contributed by atoms with Gasteiger partial charge in [0.05, 0.1) is 19.1 Å². The van der Waals surface area contributed by atoms with Crippen molar-refractivity contribution < 1.29 is 17.9 Å². The molecule has 2 heterocycles. The van der Waals surface area contributed by atoms with Gasteiger partial charge in [0.2, 0.25) is 5.91 Å². The molecular formula is C12H23N3O4S. The third-order valence-corrected chi connectivity index (χ3v) is 5.75. The molecule has 20 heavy (non-hydrogen) atoms. The molecule has 2 saturated heterocycles. The molecule has 0 bridgehead atoms. The Labute approximate surface area is 120 Å². The molecule has 2 rings (SSSR count). The number of nitrogens with zero attached hydrogens (tertiary/aromatic N) is 3. The minimum Gasteiger partial charge on any atom is -0.378 e. The summed E-state index contributed by atoms with van der Waals surface area (Å²) in [7, 11) is -0.393. The molecule has 1 atom stereocenters. The summed E-state index contributed by atoms with van der Waals surface area (Å²) in [6.07, 6.45) is 1.49. The van der Waals surface area contributed by atoms with Crippen molar-refractivity contribution in [2.45, 2.75) is 12.8 Å². The molecule has 0 aliphatic carbocycles. The third kappa shape index (κ3) is 3.30. The predicted octanol–water partition coefficient (Wildman–Crippen LogP) is -0.636. The number of carbonyl (C=O) groups excluding carboxylic acids is 1. The Bertz CT molecular complexity index is 446. The molecule has 0 aromatic heterocycles. The molecule has 0 radical (unpaired) electrons. The molecule has 7 nitrogen and oxygen atoms in total. The first-order valence-corrected chi connectivity index (χ1v) is 8.37. The molecule has 1 amide bonds. The van der Waals surface area contributed by atoms with Crippen LogP contribution in [0.15, 0.2) is 0 Å². The largest absolute Gasteiger partial charge is 0.378 e. The summed E-state index contributed by atoms with van der Waals surface area (Å²) in [6, 6.07) is 0. The predicted molar refractivity (Wildman–Crippen MR) is 74.3 cm³/mol. The molecule has 0 N–H and O–H groups in total. The maximum Gasteiger partial charge on any atom is 0.281 e. The number of hydrogen-bond acceptors (Lipinski definition) is 4. The maximum absolute atomic E-state index is 12.4. The lowest BCUT2D eigenvalue weighted by molar-refractivity contribution is -0.140. The van der Waals surface area contributed by atoms with E-state index in [1.165, 1.54) is 22.7 Å². The van der Waals surface area contributed by atoms with Gasteiger partial charge in [-0.05, 0) is 12.8 Å². The Morgan fingerprint density at radius 3 is 2.45 bits per heavy atom. The van der Waals surface area contributed by atoms with E-state index in [9.17, 15) is 13.2 Å². The van der Waals surface area contributed by atoms with Crippen LogP contribution >= 0.6 is 0 Å². The zero-order valence-corrected chi connectivity index (χ0v) is 12.9. The Balaban J connectivity index is 2.01. The number of amides is 1. The highest BCUT2D eigenvalue weighted by atomic mass is 32.2. The van der Waals surface area contributed by atoms with E-state index >= 15 is 0 Å². The van der Waals surface area contributed by atoms with E-state index in [0.717, 1.165) is 12.8 Å². The molecule has 2 aliphatic heterocycles. The van der Waals surface area contributed by atoms with Crippen LogP contribution in [0.25, 0.3) is 0 Å². The van der Waals surface area contributed by atoms with Crippen molar-refractivity contribution in [3.8, 4) is 0 Å². The molecule has 2 fully saturated rings. The summed E-state index contributed by atoms with van der Waals surface area (Å²) in [4.78, 5) is 14.2. The van der Waals surface area contributed by atoms with Gasteiger partial charge in [-0.1, -0.05) is 0 Å². The Kier molecular flexibility index (Phi) is 5.00. The van der Waals surface area contributed by atoms with E-state index in [0.29, 0.717) is 32.8 Å². The van der Waals surface area contributed by atoms with E-state index in [1.807, 2.05) is 0 Å². The van der Waals surface area contributed by atoms with Crippen molar-refractivity contribution in [1.82, 2.24) is 13.5 Å². The normalized spacial score (nSPS) is 25.9. The van der Waals surface area contributed by atoms with Crippen molar-refractivity contribution in [3.63, 3.8) is 0 Å². The number of carbonyl (C=O) groups is 1. The summed E-state index contributed by atoms with van der Waals surface area (Å²) < 4.78 is 32.1. The lowest BCUT2D eigenvalue weighted by Gasteiger charge is -2.36. The molecule has 0 aromatic rings. The van der Waals surface area contributed by atoms with Crippen molar-refractivity contribution in [1.29, 1.82) is 0 Å². The molecule has 0 saturated carbocycles. The van der Waals surface area contributed by atoms with Crippen LogP contribution < -0.4 is 0 Å². The van der Waals surface area contributed by atoms with Gasteiger partial charge in [0.15, 0.2) is 0 Å². The van der Waals surface area contributed by atoms with Crippen LogP contribution in [0.5, 0.6) is 0 Å².